The third-order valence-electron chi connectivity index (χ3n) is 3.52. The Labute approximate surface area is 104 Å². The zero-order chi connectivity index (χ0) is 12.1. The number of unbranched alkanes of at least 4 members (excludes halogenated alkanes) is 2. The van der Waals surface area contributed by atoms with E-state index in [0.29, 0.717) is 18.4 Å². The summed E-state index contributed by atoms with van der Waals surface area (Å²) in [4.78, 5) is 14.0. The Kier molecular flexibility index (Phi) is 4.18. The molecule has 1 aliphatic heterocycles. The van der Waals surface area contributed by atoms with E-state index in [1.807, 2.05) is 6.07 Å². The van der Waals surface area contributed by atoms with Crippen molar-refractivity contribution in [2.45, 2.75) is 45.1 Å². The average Bonchev–Trinajstić information content (AvgIpc) is 2.73. The van der Waals surface area contributed by atoms with E-state index in [1.165, 1.54) is 18.4 Å². The summed E-state index contributed by atoms with van der Waals surface area (Å²) >= 11 is 0. The van der Waals surface area contributed by atoms with Gasteiger partial charge in [-0.25, -0.2) is 0 Å². The molecule has 1 atom stereocenters. The Hall–Kier alpha value is -1.31. The predicted octanol–water partition coefficient (Wildman–Crippen LogP) is 3.54. The van der Waals surface area contributed by atoms with Crippen molar-refractivity contribution in [2.24, 2.45) is 0 Å². The second-order valence-electron chi connectivity index (χ2n) is 4.76. The van der Waals surface area contributed by atoms with E-state index in [4.69, 9.17) is 0 Å². The lowest BCUT2D eigenvalue weighted by Gasteiger charge is -2.25. The van der Waals surface area contributed by atoms with Crippen LogP contribution in [0.25, 0.3) is 0 Å². The van der Waals surface area contributed by atoms with Gasteiger partial charge in [-0.1, -0.05) is 50.1 Å². The highest BCUT2D eigenvalue weighted by molar-refractivity contribution is 5.79. The third-order valence-corrected chi connectivity index (χ3v) is 3.52. The van der Waals surface area contributed by atoms with E-state index < -0.39 is 0 Å². The van der Waals surface area contributed by atoms with Gasteiger partial charge in [0, 0.05) is 13.0 Å². The minimum Gasteiger partial charge on any atom is -0.336 e. The van der Waals surface area contributed by atoms with E-state index in [9.17, 15) is 4.79 Å². The van der Waals surface area contributed by atoms with E-state index in [0.717, 1.165) is 19.4 Å². The van der Waals surface area contributed by atoms with E-state index in [-0.39, 0.29) is 0 Å². The molecule has 0 bridgehead atoms. The molecule has 1 aromatic rings. The molecule has 0 radical (unpaired) electrons. The van der Waals surface area contributed by atoms with Crippen molar-refractivity contribution in [3.63, 3.8) is 0 Å². The molecule has 1 fully saturated rings. The van der Waals surface area contributed by atoms with Gasteiger partial charge in [-0.05, 0) is 18.4 Å². The molecule has 17 heavy (non-hydrogen) atoms. The molecule has 0 aliphatic carbocycles. The number of likely N-dealkylation sites (tertiary alicyclic amines) is 1. The molecule has 1 heterocycles. The van der Waals surface area contributed by atoms with E-state index in [1.54, 1.807) is 0 Å². The van der Waals surface area contributed by atoms with Crippen LogP contribution in [0.4, 0.5) is 0 Å². The van der Waals surface area contributed by atoms with Crippen LogP contribution in [0.3, 0.4) is 0 Å². The number of nitrogens with zero attached hydrogens (tertiary/aromatic N) is 1. The second kappa shape index (κ2) is 5.85. The number of carbonyl (C=O) groups excluding carboxylic acids is 1. The molecule has 2 heteroatoms. The molecule has 92 valence electrons. The van der Waals surface area contributed by atoms with Crippen LogP contribution in [0.2, 0.25) is 0 Å². The van der Waals surface area contributed by atoms with Crippen molar-refractivity contribution in [3.05, 3.63) is 35.9 Å². The first-order valence-corrected chi connectivity index (χ1v) is 6.67. The van der Waals surface area contributed by atoms with Crippen molar-refractivity contribution in [2.75, 3.05) is 6.54 Å². The minimum atomic E-state index is 0.320. The standard InChI is InChI=1S/C15H21NO/c1-2-3-7-12-16-14(10-11-15(16)17)13-8-5-4-6-9-13/h4-6,8-9,14H,2-3,7,10-12H2,1H3. The first-order chi connectivity index (χ1) is 8.33. The molecule has 0 aromatic heterocycles. The Morgan fingerprint density at radius 3 is 2.71 bits per heavy atom. The summed E-state index contributed by atoms with van der Waals surface area (Å²) in [7, 11) is 0. The normalized spacial score (nSPS) is 19.9. The monoisotopic (exact) mass is 231 g/mol. The fourth-order valence-corrected chi connectivity index (χ4v) is 2.57. The summed E-state index contributed by atoms with van der Waals surface area (Å²) in [5.41, 5.74) is 1.29. The number of benzene rings is 1. The van der Waals surface area contributed by atoms with Crippen LogP contribution in [0.15, 0.2) is 30.3 Å². The Morgan fingerprint density at radius 1 is 1.24 bits per heavy atom. The number of hydrogen-bond donors (Lipinski definition) is 0. The summed E-state index contributed by atoms with van der Waals surface area (Å²) in [5, 5.41) is 0. The van der Waals surface area contributed by atoms with Crippen molar-refractivity contribution in [1.29, 1.82) is 0 Å². The van der Waals surface area contributed by atoms with Crippen LogP contribution in [0, 0.1) is 0 Å². The molecule has 1 amide bonds. The van der Waals surface area contributed by atoms with Gasteiger partial charge in [-0.3, -0.25) is 4.79 Å². The smallest absolute Gasteiger partial charge is 0.223 e. The molecular formula is C15H21NO. The van der Waals surface area contributed by atoms with Gasteiger partial charge in [0.15, 0.2) is 0 Å². The van der Waals surface area contributed by atoms with Crippen LogP contribution in [0.1, 0.15) is 50.6 Å². The van der Waals surface area contributed by atoms with Crippen molar-refractivity contribution in [3.8, 4) is 0 Å². The molecule has 0 N–H and O–H groups in total. The molecule has 1 saturated heterocycles. The lowest BCUT2D eigenvalue weighted by atomic mass is 10.0. The summed E-state index contributed by atoms with van der Waals surface area (Å²) < 4.78 is 0. The van der Waals surface area contributed by atoms with Crippen LogP contribution in [-0.2, 0) is 4.79 Å². The highest BCUT2D eigenvalue weighted by Gasteiger charge is 2.31. The molecule has 1 unspecified atom stereocenters. The molecule has 0 saturated carbocycles. The van der Waals surface area contributed by atoms with Crippen LogP contribution >= 0.6 is 0 Å². The molecular weight excluding hydrogens is 210 g/mol. The van der Waals surface area contributed by atoms with Crippen LogP contribution in [0.5, 0.6) is 0 Å². The fourth-order valence-electron chi connectivity index (χ4n) is 2.57. The molecule has 1 aliphatic rings. The fraction of sp³-hybridized carbons (Fsp3) is 0.533. The maximum absolute atomic E-state index is 11.9. The number of amides is 1. The lowest BCUT2D eigenvalue weighted by Crippen LogP contribution is -2.28. The van der Waals surface area contributed by atoms with Crippen molar-refractivity contribution >= 4 is 5.91 Å². The van der Waals surface area contributed by atoms with Gasteiger partial charge in [0.05, 0.1) is 6.04 Å². The maximum Gasteiger partial charge on any atom is 0.223 e. The van der Waals surface area contributed by atoms with Gasteiger partial charge in [0.2, 0.25) is 5.91 Å². The van der Waals surface area contributed by atoms with E-state index in [2.05, 4.69) is 36.1 Å². The minimum absolute atomic E-state index is 0.320. The zero-order valence-corrected chi connectivity index (χ0v) is 10.6. The number of carbonyl (C=O) groups is 1. The van der Waals surface area contributed by atoms with Gasteiger partial charge in [0.1, 0.15) is 0 Å². The summed E-state index contributed by atoms with van der Waals surface area (Å²) in [6, 6.07) is 10.7. The number of rotatable bonds is 5. The highest BCUT2D eigenvalue weighted by atomic mass is 16.2. The van der Waals surface area contributed by atoms with Gasteiger partial charge < -0.3 is 4.90 Å². The number of hydrogen-bond acceptors (Lipinski definition) is 1. The van der Waals surface area contributed by atoms with Gasteiger partial charge in [0.25, 0.3) is 0 Å². The first kappa shape index (κ1) is 12.2. The van der Waals surface area contributed by atoms with Crippen LogP contribution < -0.4 is 0 Å². The lowest BCUT2D eigenvalue weighted by molar-refractivity contribution is -0.129. The predicted molar refractivity (Wildman–Crippen MR) is 69.7 cm³/mol. The molecule has 1 aromatic carbocycles. The van der Waals surface area contributed by atoms with Crippen molar-refractivity contribution < 1.29 is 4.79 Å². The van der Waals surface area contributed by atoms with E-state index >= 15 is 0 Å². The Morgan fingerprint density at radius 2 is 2.00 bits per heavy atom. The highest BCUT2D eigenvalue weighted by Crippen LogP contribution is 2.32. The van der Waals surface area contributed by atoms with Crippen molar-refractivity contribution in [1.82, 2.24) is 4.90 Å². The summed E-state index contributed by atoms with van der Waals surface area (Å²) in [6.07, 6.45) is 5.25. The van der Waals surface area contributed by atoms with Gasteiger partial charge >= 0.3 is 0 Å². The van der Waals surface area contributed by atoms with Crippen LogP contribution in [-0.4, -0.2) is 17.4 Å². The molecule has 2 nitrogen and oxygen atoms in total. The topological polar surface area (TPSA) is 20.3 Å². The SMILES string of the molecule is CCCCCN1C(=O)CCC1c1ccccc1. The Bertz CT molecular complexity index is 360. The quantitative estimate of drug-likeness (QED) is 0.710. The first-order valence-electron chi connectivity index (χ1n) is 6.67. The maximum atomic E-state index is 11.9. The van der Waals surface area contributed by atoms with Gasteiger partial charge in [-0.2, -0.15) is 0 Å². The largest absolute Gasteiger partial charge is 0.336 e. The zero-order valence-electron chi connectivity index (χ0n) is 10.6. The summed E-state index contributed by atoms with van der Waals surface area (Å²) in [6.45, 7) is 3.12. The summed E-state index contributed by atoms with van der Waals surface area (Å²) in [5.74, 6) is 0.329. The molecule has 2 rings (SSSR count). The second-order valence-corrected chi connectivity index (χ2v) is 4.76. The van der Waals surface area contributed by atoms with Gasteiger partial charge in [-0.15, -0.1) is 0 Å². The molecule has 0 spiro atoms. The third kappa shape index (κ3) is 2.87. The Balaban J connectivity index is 2.03. The average molecular weight is 231 g/mol.